The summed E-state index contributed by atoms with van der Waals surface area (Å²) >= 11 is 0. The van der Waals surface area contributed by atoms with Crippen LogP contribution in [0.5, 0.6) is 0 Å². The molecule has 0 spiro atoms. The van der Waals surface area contributed by atoms with E-state index in [4.69, 9.17) is 0 Å². The first-order valence-electron chi connectivity index (χ1n) is 6.54. The number of piperidine rings is 1. The van der Waals surface area contributed by atoms with Crippen LogP contribution in [0.2, 0.25) is 0 Å². The molecule has 7 nitrogen and oxygen atoms in total. The molecule has 0 radical (unpaired) electrons. The fourth-order valence-electron chi connectivity index (χ4n) is 2.50. The average Bonchev–Trinajstić information content (AvgIpc) is 2.62. The molecule has 7 heteroatoms. The first-order chi connectivity index (χ1) is 8.90. The van der Waals surface area contributed by atoms with E-state index in [1.807, 2.05) is 0 Å². The summed E-state index contributed by atoms with van der Waals surface area (Å²) in [4.78, 5) is 16.9. The van der Waals surface area contributed by atoms with Crippen molar-refractivity contribution < 1.29 is 4.92 Å². The topological polar surface area (TPSA) is 76.2 Å². The molecule has 1 aliphatic heterocycles. The Morgan fingerprint density at radius 3 is 2.74 bits per heavy atom. The summed E-state index contributed by atoms with van der Waals surface area (Å²) < 4.78 is 1.75. The predicted molar refractivity (Wildman–Crippen MR) is 73.3 cm³/mol. The Kier molecular flexibility index (Phi) is 3.75. The minimum absolute atomic E-state index is 0.0772. The molecule has 1 aromatic rings. The van der Waals surface area contributed by atoms with Gasteiger partial charge in [0, 0.05) is 32.6 Å². The van der Waals surface area contributed by atoms with E-state index in [0.29, 0.717) is 17.7 Å². The summed E-state index contributed by atoms with van der Waals surface area (Å²) in [6.45, 7) is 4.95. The van der Waals surface area contributed by atoms with E-state index in [-0.39, 0.29) is 11.9 Å². The summed E-state index contributed by atoms with van der Waals surface area (Å²) in [5, 5.41) is 14.3. The van der Waals surface area contributed by atoms with Crippen LogP contribution in [0.1, 0.15) is 25.6 Å². The highest BCUT2D eigenvalue weighted by atomic mass is 16.6. The third-order valence-electron chi connectivity index (χ3n) is 4.02. The van der Waals surface area contributed by atoms with Gasteiger partial charge in [0.1, 0.15) is 0 Å². The van der Waals surface area contributed by atoms with Gasteiger partial charge in [-0.25, -0.2) is 0 Å². The summed E-state index contributed by atoms with van der Waals surface area (Å²) in [5.41, 5.74) is 0. The van der Waals surface area contributed by atoms with Crippen LogP contribution >= 0.6 is 0 Å². The third-order valence-corrected chi connectivity index (χ3v) is 4.02. The summed E-state index contributed by atoms with van der Waals surface area (Å²) in [6.07, 6.45) is 1.97. The van der Waals surface area contributed by atoms with Gasteiger partial charge < -0.3 is 20.3 Å². The molecular formula is C12H21N5O2. The normalized spacial score (nSPS) is 24.4. The number of aromatic nitrogens is 2. The predicted octanol–water partition coefficient (Wildman–Crippen LogP) is 1.53. The Morgan fingerprint density at radius 1 is 1.47 bits per heavy atom. The number of hydrogen-bond donors (Lipinski definition) is 1. The van der Waals surface area contributed by atoms with Crippen LogP contribution in [-0.4, -0.2) is 45.1 Å². The Balaban J connectivity index is 2.17. The second-order valence-corrected chi connectivity index (χ2v) is 5.34. The maximum Gasteiger partial charge on any atom is 0.406 e. The molecule has 1 saturated heterocycles. The zero-order valence-corrected chi connectivity index (χ0v) is 11.9. The van der Waals surface area contributed by atoms with Crippen LogP contribution in [0.3, 0.4) is 0 Å². The quantitative estimate of drug-likeness (QED) is 0.664. The van der Waals surface area contributed by atoms with Crippen molar-refractivity contribution in [3.63, 3.8) is 0 Å². The van der Waals surface area contributed by atoms with Gasteiger partial charge in [-0.1, -0.05) is 0 Å². The largest absolute Gasteiger partial charge is 0.406 e. The zero-order valence-electron chi connectivity index (χ0n) is 11.9. The maximum absolute atomic E-state index is 11.0. The second-order valence-electron chi connectivity index (χ2n) is 5.34. The molecule has 0 amide bonds. The van der Waals surface area contributed by atoms with Gasteiger partial charge in [-0.3, -0.25) is 4.57 Å². The molecule has 0 bridgehead atoms. The molecule has 1 aromatic heterocycles. The average molecular weight is 267 g/mol. The Bertz CT molecular complexity index is 485. The molecule has 19 heavy (non-hydrogen) atoms. The molecule has 0 saturated carbocycles. The molecule has 2 unspecified atom stereocenters. The van der Waals surface area contributed by atoms with E-state index in [1.54, 1.807) is 18.5 Å². The summed E-state index contributed by atoms with van der Waals surface area (Å²) in [6, 6.07) is 0.749. The van der Waals surface area contributed by atoms with Crippen molar-refractivity contribution in [2.75, 3.05) is 18.9 Å². The van der Waals surface area contributed by atoms with Gasteiger partial charge in [0.15, 0.2) is 0 Å². The van der Waals surface area contributed by atoms with Crippen LogP contribution in [-0.2, 0) is 7.05 Å². The van der Waals surface area contributed by atoms with Crippen LogP contribution < -0.4 is 5.32 Å². The summed E-state index contributed by atoms with van der Waals surface area (Å²) in [7, 11) is 3.91. The van der Waals surface area contributed by atoms with Crippen molar-refractivity contribution in [3.8, 4) is 0 Å². The number of hydrogen-bond acceptors (Lipinski definition) is 5. The van der Waals surface area contributed by atoms with Gasteiger partial charge in [-0.2, -0.15) is 0 Å². The first kappa shape index (κ1) is 13.8. The molecular weight excluding hydrogens is 246 g/mol. The Hall–Kier alpha value is -1.63. The van der Waals surface area contributed by atoms with E-state index in [2.05, 4.69) is 29.2 Å². The molecule has 2 rings (SSSR count). The van der Waals surface area contributed by atoms with Crippen LogP contribution in [0.25, 0.3) is 0 Å². The minimum Gasteiger partial charge on any atom is -0.361 e. The van der Waals surface area contributed by atoms with Crippen molar-refractivity contribution in [2.45, 2.75) is 38.8 Å². The fourth-order valence-corrected chi connectivity index (χ4v) is 2.50. The smallest absolute Gasteiger partial charge is 0.361 e. The van der Waals surface area contributed by atoms with Crippen molar-refractivity contribution in [2.24, 2.45) is 7.05 Å². The number of rotatable bonds is 3. The molecule has 106 valence electrons. The summed E-state index contributed by atoms with van der Waals surface area (Å²) in [5.74, 6) is 1.09. The number of nitro groups is 1. The van der Waals surface area contributed by atoms with Crippen LogP contribution in [0, 0.1) is 17.0 Å². The lowest BCUT2D eigenvalue weighted by molar-refractivity contribution is -0.388. The van der Waals surface area contributed by atoms with Crippen molar-refractivity contribution in [3.05, 3.63) is 15.9 Å². The van der Waals surface area contributed by atoms with Crippen molar-refractivity contribution in [1.82, 2.24) is 14.5 Å². The highest BCUT2D eigenvalue weighted by Gasteiger charge is 2.28. The van der Waals surface area contributed by atoms with Crippen molar-refractivity contribution in [1.29, 1.82) is 0 Å². The highest BCUT2D eigenvalue weighted by molar-refractivity contribution is 5.54. The van der Waals surface area contributed by atoms with E-state index in [9.17, 15) is 10.1 Å². The molecule has 0 aromatic carbocycles. The maximum atomic E-state index is 11.0. The van der Waals surface area contributed by atoms with Crippen LogP contribution in [0.15, 0.2) is 0 Å². The van der Waals surface area contributed by atoms with Gasteiger partial charge in [0.05, 0.1) is 0 Å². The van der Waals surface area contributed by atoms with E-state index < -0.39 is 4.92 Å². The number of nitrogens with zero attached hydrogens (tertiary/aromatic N) is 4. The van der Waals surface area contributed by atoms with Gasteiger partial charge in [0.25, 0.3) is 0 Å². The molecule has 1 N–H and O–H groups in total. The standard InChI is InChI=1S/C12H21N5O2/c1-8-7-10(5-6-15(8)3)14-11-12(17(18)19)13-9(2)16(11)4/h8,10,14H,5-7H2,1-4H3. The SMILES string of the molecule is Cc1nc([N+](=O)[O-])c(NC2CCN(C)C(C)C2)n1C. The lowest BCUT2D eigenvalue weighted by Crippen LogP contribution is -2.42. The molecule has 2 atom stereocenters. The molecule has 2 heterocycles. The molecule has 1 fully saturated rings. The number of aryl methyl sites for hydroxylation is 1. The minimum atomic E-state index is -0.423. The Morgan fingerprint density at radius 2 is 2.16 bits per heavy atom. The number of imidazole rings is 1. The lowest BCUT2D eigenvalue weighted by Gasteiger charge is -2.35. The molecule has 0 aliphatic carbocycles. The molecule has 1 aliphatic rings. The monoisotopic (exact) mass is 267 g/mol. The fraction of sp³-hybridized carbons (Fsp3) is 0.750. The second kappa shape index (κ2) is 5.16. The zero-order chi connectivity index (χ0) is 14.2. The van der Waals surface area contributed by atoms with Crippen molar-refractivity contribution >= 4 is 11.6 Å². The number of likely N-dealkylation sites (tertiary alicyclic amines) is 1. The van der Waals surface area contributed by atoms with E-state index in [0.717, 1.165) is 19.4 Å². The van der Waals surface area contributed by atoms with Gasteiger partial charge in [0.2, 0.25) is 11.6 Å². The third kappa shape index (κ3) is 2.70. The van der Waals surface area contributed by atoms with Gasteiger partial charge in [-0.15, -0.1) is 0 Å². The number of anilines is 1. The first-order valence-corrected chi connectivity index (χ1v) is 6.54. The number of nitrogens with one attached hydrogen (secondary N) is 1. The van der Waals surface area contributed by atoms with E-state index in [1.165, 1.54) is 0 Å². The van der Waals surface area contributed by atoms with E-state index >= 15 is 0 Å². The van der Waals surface area contributed by atoms with Gasteiger partial charge >= 0.3 is 5.82 Å². The lowest BCUT2D eigenvalue weighted by atomic mass is 9.99. The Labute approximate surface area is 112 Å². The van der Waals surface area contributed by atoms with Gasteiger partial charge in [-0.05, 0) is 36.7 Å². The van der Waals surface area contributed by atoms with Crippen LogP contribution in [0.4, 0.5) is 11.6 Å². The highest BCUT2D eigenvalue weighted by Crippen LogP contribution is 2.27.